The third kappa shape index (κ3) is 11.8. The van der Waals surface area contributed by atoms with E-state index in [2.05, 4.69) is 16.0 Å². The predicted octanol–water partition coefficient (Wildman–Crippen LogP) is -1.70. The molecule has 4 amide bonds. The first-order valence-electron chi connectivity index (χ1n) is 10.5. The Morgan fingerprint density at radius 2 is 1.36 bits per heavy atom. The summed E-state index contributed by atoms with van der Waals surface area (Å²) in [5.41, 5.74) is 10.7. The minimum absolute atomic E-state index is 0.0350. The fraction of sp³-hybridized carbons (Fsp3) is 0.700. The van der Waals surface area contributed by atoms with Crippen molar-refractivity contribution in [2.75, 3.05) is 0 Å². The number of hydrogen-bond acceptors (Lipinski definition) is 7. The van der Waals surface area contributed by atoms with Crippen LogP contribution < -0.4 is 27.4 Å². The molecule has 0 heterocycles. The van der Waals surface area contributed by atoms with Gasteiger partial charge >= 0.3 is 11.9 Å². The van der Waals surface area contributed by atoms with Gasteiger partial charge in [0.15, 0.2) is 0 Å². The number of carboxylic acids is 2. The fourth-order valence-corrected chi connectivity index (χ4v) is 2.87. The van der Waals surface area contributed by atoms with E-state index in [1.807, 2.05) is 13.8 Å². The highest BCUT2D eigenvalue weighted by molar-refractivity contribution is 5.95. The molecule has 0 saturated carbocycles. The maximum Gasteiger partial charge on any atom is 0.326 e. The third-order valence-electron chi connectivity index (χ3n) is 4.61. The van der Waals surface area contributed by atoms with Crippen molar-refractivity contribution in [3.63, 3.8) is 0 Å². The minimum Gasteiger partial charge on any atom is -0.481 e. The molecule has 0 spiro atoms. The molecule has 0 rings (SSSR count). The van der Waals surface area contributed by atoms with E-state index in [4.69, 9.17) is 16.6 Å². The van der Waals surface area contributed by atoms with Crippen LogP contribution in [0.1, 0.15) is 53.4 Å². The second-order valence-electron chi connectivity index (χ2n) is 8.53. The molecule has 0 aliphatic heterocycles. The van der Waals surface area contributed by atoms with E-state index in [9.17, 15) is 33.9 Å². The first kappa shape index (κ1) is 29.8. The van der Waals surface area contributed by atoms with Crippen LogP contribution >= 0.6 is 0 Å². The highest BCUT2D eigenvalue weighted by Crippen LogP contribution is 2.09. The van der Waals surface area contributed by atoms with Crippen LogP contribution in [-0.4, -0.2) is 69.9 Å². The van der Waals surface area contributed by atoms with Gasteiger partial charge in [0.1, 0.15) is 18.1 Å². The number of primary amides is 1. The molecule has 4 atom stereocenters. The van der Waals surface area contributed by atoms with Gasteiger partial charge in [-0.05, 0) is 24.7 Å². The number of nitrogens with two attached hydrogens (primary N) is 2. The van der Waals surface area contributed by atoms with Crippen LogP contribution in [0.4, 0.5) is 0 Å². The van der Waals surface area contributed by atoms with Crippen LogP contribution in [0.5, 0.6) is 0 Å². The molecule has 9 N–H and O–H groups in total. The Hall–Kier alpha value is -3.22. The van der Waals surface area contributed by atoms with Crippen LogP contribution in [0.25, 0.3) is 0 Å². The molecule has 4 unspecified atom stereocenters. The van der Waals surface area contributed by atoms with E-state index in [1.54, 1.807) is 13.8 Å². The Kier molecular flexibility index (Phi) is 12.7. The SMILES string of the molecule is CC(C)CC(NC(=O)C(N)CC(N)=O)C(=O)NC(C(=O)NC(CCC(=O)O)C(=O)O)C(C)C. The summed E-state index contributed by atoms with van der Waals surface area (Å²) in [6.07, 6.45) is -1.02. The minimum atomic E-state index is -1.45. The molecule has 0 aliphatic rings. The second kappa shape index (κ2) is 14.0. The lowest BCUT2D eigenvalue weighted by molar-refractivity contribution is -0.143. The van der Waals surface area contributed by atoms with E-state index in [0.29, 0.717) is 0 Å². The number of nitrogens with one attached hydrogen (secondary N) is 3. The maximum atomic E-state index is 12.9. The number of carboxylic acid groups (broad SMARTS) is 2. The lowest BCUT2D eigenvalue weighted by Gasteiger charge is -2.27. The van der Waals surface area contributed by atoms with Crippen LogP contribution in [-0.2, 0) is 28.8 Å². The second-order valence-corrected chi connectivity index (χ2v) is 8.53. The molecular weight excluding hydrogens is 438 g/mol. The number of hydrogen-bond donors (Lipinski definition) is 7. The van der Waals surface area contributed by atoms with Crippen molar-refractivity contribution in [1.29, 1.82) is 0 Å². The number of aliphatic carboxylic acids is 2. The molecule has 33 heavy (non-hydrogen) atoms. The van der Waals surface area contributed by atoms with Crippen molar-refractivity contribution in [2.24, 2.45) is 23.3 Å². The molecule has 188 valence electrons. The molecule has 0 radical (unpaired) electrons. The van der Waals surface area contributed by atoms with E-state index in [0.717, 1.165) is 0 Å². The zero-order chi connectivity index (χ0) is 25.9. The predicted molar refractivity (Wildman–Crippen MR) is 116 cm³/mol. The van der Waals surface area contributed by atoms with E-state index in [1.165, 1.54) is 0 Å². The Morgan fingerprint density at radius 1 is 0.818 bits per heavy atom. The average molecular weight is 474 g/mol. The summed E-state index contributed by atoms with van der Waals surface area (Å²) in [7, 11) is 0. The van der Waals surface area contributed by atoms with Gasteiger partial charge in [-0.3, -0.25) is 24.0 Å². The van der Waals surface area contributed by atoms with Gasteiger partial charge in [0.05, 0.1) is 12.5 Å². The van der Waals surface area contributed by atoms with Gasteiger partial charge in [-0.2, -0.15) is 0 Å². The number of carbonyl (C=O) groups is 6. The quantitative estimate of drug-likeness (QED) is 0.143. The van der Waals surface area contributed by atoms with Crippen molar-refractivity contribution in [1.82, 2.24) is 16.0 Å². The standard InChI is InChI=1S/C20H35N5O8/c1-9(2)7-13(24-17(29)11(21)8-14(22)26)18(30)25-16(10(3)4)19(31)23-12(20(32)33)5-6-15(27)28/h9-13,16H,5-8,21H2,1-4H3,(H2,22,26)(H,23,31)(H,24,29)(H,25,30)(H,27,28)(H,32,33). The van der Waals surface area contributed by atoms with E-state index >= 15 is 0 Å². The van der Waals surface area contributed by atoms with Crippen LogP contribution in [0.3, 0.4) is 0 Å². The molecule has 0 aromatic heterocycles. The Morgan fingerprint density at radius 3 is 1.79 bits per heavy atom. The van der Waals surface area contributed by atoms with Crippen LogP contribution in [0, 0.1) is 11.8 Å². The summed E-state index contributed by atoms with van der Waals surface area (Å²) in [5, 5.41) is 25.2. The van der Waals surface area contributed by atoms with Gasteiger partial charge in [0, 0.05) is 6.42 Å². The molecule has 0 aromatic rings. The van der Waals surface area contributed by atoms with Crippen molar-refractivity contribution >= 4 is 35.6 Å². The highest BCUT2D eigenvalue weighted by atomic mass is 16.4. The monoisotopic (exact) mass is 473 g/mol. The van der Waals surface area contributed by atoms with Gasteiger partial charge in [-0.25, -0.2) is 4.79 Å². The molecule has 13 nitrogen and oxygen atoms in total. The lowest BCUT2D eigenvalue weighted by atomic mass is 9.99. The van der Waals surface area contributed by atoms with E-state index < -0.39 is 78.5 Å². The zero-order valence-electron chi connectivity index (χ0n) is 19.3. The third-order valence-corrected chi connectivity index (χ3v) is 4.61. The number of carbonyl (C=O) groups excluding carboxylic acids is 4. The summed E-state index contributed by atoms with van der Waals surface area (Å²) in [6.45, 7) is 6.86. The molecule has 0 bridgehead atoms. The Labute approximate surface area is 192 Å². The summed E-state index contributed by atoms with van der Waals surface area (Å²) < 4.78 is 0. The molecule has 0 aromatic carbocycles. The fourth-order valence-electron chi connectivity index (χ4n) is 2.87. The van der Waals surface area contributed by atoms with Crippen molar-refractivity contribution in [3.8, 4) is 0 Å². The summed E-state index contributed by atoms with van der Waals surface area (Å²) in [5.74, 6) is -6.18. The van der Waals surface area contributed by atoms with Gasteiger partial charge in [0.2, 0.25) is 23.6 Å². The van der Waals surface area contributed by atoms with Crippen molar-refractivity contribution in [3.05, 3.63) is 0 Å². The normalized spacial score (nSPS) is 14.6. The molecule has 0 aliphatic carbocycles. The smallest absolute Gasteiger partial charge is 0.326 e. The molecular formula is C20H35N5O8. The Balaban J connectivity index is 5.43. The summed E-state index contributed by atoms with van der Waals surface area (Å²) >= 11 is 0. The van der Waals surface area contributed by atoms with Crippen LogP contribution in [0.15, 0.2) is 0 Å². The van der Waals surface area contributed by atoms with Gasteiger partial charge in [-0.1, -0.05) is 27.7 Å². The first-order chi connectivity index (χ1) is 15.1. The first-order valence-corrected chi connectivity index (χ1v) is 10.5. The molecule has 0 fully saturated rings. The zero-order valence-corrected chi connectivity index (χ0v) is 19.3. The van der Waals surface area contributed by atoms with Crippen LogP contribution in [0.2, 0.25) is 0 Å². The lowest BCUT2D eigenvalue weighted by Crippen LogP contribution is -2.58. The highest BCUT2D eigenvalue weighted by Gasteiger charge is 2.32. The van der Waals surface area contributed by atoms with Gasteiger partial charge in [0.25, 0.3) is 0 Å². The largest absolute Gasteiger partial charge is 0.481 e. The van der Waals surface area contributed by atoms with E-state index in [-0.39, 0.29) is 18.8 Å². The average Bonchev–Trinajstić information content (AvgIpc) is 2.66. The van der Waals surface area contributed by atoms with Crippen molar-refractivity contribution in [2.45, 2.75) is 77.5 Å². The maximum absolute atomic E-state index is 12.9. The molecule has 13 heteroatoms. The number of amides is 4. The summed E-state index contributed by atoms with van der Waals surface area (Å²) in [6, 6.07) is -4.94. The van der Waals surface area contributed by atoms with Crippen molar-refractivity contribution < 1.29 is 39.0 Å². The van der Waals surface area contributed by atoms with Gasteiger partial charge in [-0.15, -0.1) is 0 Å². The summed E-state index contributed by atoms with van der Waals surface area (Å²) in [4.78, 5) is 70.9. The Bertz CT molecular complexity index is 740. The number of rotatable bonds is 15. The topological polar surface area (TPSA) is 231 Å². The van der Waals surface area contributed by atoms with Gasteiger partial charge < -0.3 is 37.6 Å². The molecule has 0 saturated heterocycles.